The van der Waals surface area contributed by atoms with Crippen LogP contribution in [0.4, 0.5) is 19.0 Å². The van der Waals surface area contributed by atoms with Crippen molar-refractivity contribution in [3.8, 4) is 0 Å². The Hall–Kier alpha value is -1.30. The highest BCUT2D eigenvalue weighted by molar-refractivity contribution is 5.40. The van der Waals surface area contributed by atoms with E-state index >= 15 is 0 Å². The summed E-state index contributed by atoms with van der Waals surface area (Å²) in [5.74, 6) is 0.617. The fourth-order valence-corrected chi connectivity index (χ4v) is 1.78. The first kappa shape index (κ1) is 19.7. The number of piperazine rings is 1. The summed E-state index contributed by atoms with van der Waals surface area (Å²) in [5.41, 5.74) is -0.699. The fourth-order valence-electron chi connectivity index (χ4n) is 1.78. The van der Waals surface area contributed by atoms with Gasteiger partial charge in [0.05, 0.1) is 5.56 Å². The molecule has 0 radical (unpaired) electrons. The van der Waals surface area contributed by atoms with Crippen molar-refractivity contribution >= 4 is 5.82 Å². The molecule has 0 atom stereocenters. The van der Waals surface area contributed by atoms with Crippen LogP contribution < -0.4 is 4.90 Å². The third-order valence-electron chi connectivity index (χ3n) is 2.90. The van der Waals surface area contributed by atoms with E-state index in [2.05, 4.69) is 9.88 Å². The number of likely N-dealkylation sites (N-methyl/N-ethyl adjacent to an activating group) is 1. The van der Waals surface area contributed by atoms with E-state index in [-0.39, 0.29) is 0 Å². The highest BCUT2D eigenvalue weighted by Crippen LogP contribution is 2.29. The summed E-state index contributed by atoms with van der Waals surface area (Å²) < 4.78 is 37.1. The van der Waals surface area contributed by atoms with E-state index < -0.39 is 11.7 Å². The Labute approximate surface area is 125 Å². The van der Waals surface area contributed by atoms with Gasteiger partial charge in [-0.1, -0.05) is 27.7 Å². The van der Waals surface area contributed by atoms with E-state index in [1.807, 2.05) is 39.6 Å². The maximum absolute atomic E-state index is 12.4. The predicted molar refractivity (Wildman–Crippen MR) is 81.6 cm³/mol. The Morgan fingerprint density at radius 3 is 1.86 bits per heavy atom. The zero-order chi connectivity index (χ0) is 16.5. The first-order valence-corrected chi connectivity index (χ1v) is 7.43. The van der Waals surface area contributed by atoms with Crippen LogP contribution >= 0.6 is 0 Å². The first-order valence-electron chi connectivity index (χ1n) is 7.43. The minimum absolute atomic E-state index is 0.617. The van der Waals surface area contributed by atoms with Crippen LogP contribution in [0.3, 0.4) is 0 Å². The molecular weight excluding hydrogens is 279 g/mol. The topological polar surface area (TPSA) is 19.4 Å². The van der Waals surface area contributed by atoms with Crippen LogP contribution in [0, 0.1) is 0 Å². The van der Waals surface area contributed by atoms with Gasteiger partial charge >= 0.3 is 6.18 Å². The standard InChI is InChI=1S/C11H14F3N3.2C2H6/c1-16-4-6-17(7-5-16)10-3-2-9(8-15-10)11(12,13)14;2*1-2/h2-3,8H,4-7H2,1H3;2*1-2H3. The van der Waals surface area contributed by atoms with Gasteiger partial charge < -0.3 is 9.80 Å². The molecule has 0 unspecified atom stereocenters. The van der Waals surface area contributed by atoms with Crippen molar-refractivity contribution in [2.45, 2.75) is 33.9 Å². The van der Waals surface area contributed by atoms with E-state index in [4.69, 9.17) is 0 Å². The first-order chi connectivity index (χ1) is 9.97. The van der Waals surface area contributed by atoms with Gasteiger partial charge in [-0.15, -0.1) is 0 Å². The van der Waals surface area contributed by atoms with E-state index in [1.54, 1.807) is 0 Å². The molecule has 122 valence electrons. The molecule has 1 fully saturated rings. The van der Waals surface area contributed by atoms with Crippen molar-refractivity contribution in [1.82, 2.24) is 9.88 Å². The molecule has 0 saturated carbocycles. The van der Waals surface area contributed by atoms with Gasteiger partial charge in [0.15, 0.2) is 0 Å². The normalized spacial score (nSPS) is 15.5. The summed E-state index contributed by atoms with van der Waals surface area (Å²) in [4.78, 5) is 8.06. The van der Waals surface area contributed by atoms with Crippen LogP contribution in [0.5, 0.6) is 0 Å². The summed E-state index contributed by atoms with van der Waals surface area (Å²) >= 11 is 0. The second-order valence-electron chi connectivity index (χ2n) is 4.19. The number of halogens is 3. The zero-order valence-electron chi connectivity index (χ0n) is 13.5. The molecule has 0 spiro atoms. The smallest absolute Gasteiger partial charge is 0.354 e. The molecule has 2 rings (SSSR count). The zero-order valence-corrected chi connectivity index (χ0v) is 13.5. The number of nitrogens with zero attached hydrogens (tertiary/aromatic N) is 3. The monoisotopic (exact) mass is 305 g/mol. The molecular formula is C15H26F3N3. The Balaban J connectivity index is 0.000000921. The molecule has 2 heterocycles. The van der Waals surface area contributed by atoms with Crippen molar-refractivity contribution in [3.63, 3.8) is 0 Å². The molecule has 0 amide bonds. The second kappa shape index (κ2) is 9.60. The molecule has 1 aromatic rings. The summed E-state index contributed by atoms with van der Waals surface area (Å²) in [6, 6.07) is 2.52. The van der Waals surface area contributed by atoms with Gasteiger partial charge in [0.25, 0.3) is 0 Å². The van der Waals surface area contributed by atoms with Crippen molar-refractivity contribution in [2.75, 3.05) is 38.1 Å². The summed E-state index contributed by atoms with van der Waals surface area (Å²) in [6.07, 6.45) is -3.42. The van der Waals surface area contributed by atoms with E-state index in [0.29, 0.717) is 5.82 Å². The Kier molecular flexibility index (Phi) is 9.01. The number of hydrogen-bond donors (Lipinski definition) is 0. The Morgan fingerprint density at radius 2 is 1.48 bits per heavy atom. The molecule has 6 heteroatoms. The van der Waals surface area contributed by atoms with Gasteiger partial charge in [0.1, 0.15) is 5.82 Å². The second-order valence-corrected chi connectivity index (χ2v) is 4.19. The Bertz CT molecular complexity index is 369. The summed E-state index contributed by atoms with van der Waals surface area (Å²) in [5, 5.41) is 0. The Morgan fingerprint density at radius 1 is 0.952 bits per heavy atom. The lowest BCUT2D eigenvalue weighted by Crippen LogP contribution is -2.44. The molecule has 0 aromatic carbocycles. The molecule has 0 aliphatic carbocycles. The van der Waals surface area contributed by atoms with Crippen LogP contribution in [-0.2, 0) is 6.18 Å². The fraction of sp³-hybridized carbons (Fsp3) is 0.667. The number of rotatable bonds is 1. The SMILES string of the molecule is CC.CC.CN1CCN(c2ccc(C(F)(F)F)cn2)CC1. The molecule has 1 aliphatic heterocycles. The number of pyridine rings is 1. The largest absolute Gasteiger partial charge is 0.417 e. The predicted octanol–water partition coefficient (Wildman–Crippen LogP) is 3.90. The maximum Gasteiger partial charge on any atom is 0.417 e. The highest BCUT2D eigenvalue weighted by Gasteiger charge is 2.31. The maximum atomic E-state index is 12.4. The number of alkyl halides is 3. The molecule has 1 aromatic heterocycles. The van der Waals surface area contributed by atoms with Crippen molar-refractivity contribution in [1.29, 1.82) is 0 Å². The minimum atomic E-state index is -4.31. The van der Waals surface area contributed by atoms with Gasteiger partial charge in [-0.05, 0) is 19.2 Å². The van der Waals surface area contributed by atoms with Crippen molar-refractivity contribution < 1.29 is 13.2 Å². The lowest BCUT2D eigenvalue weighted by Gasteiger charge is -2.33. The molecule has 0 bridgehead atoms. The van der Waals surface area contributed by atoms with Crippen LogP contribution in [0.1, 0.15) is 33.3 Å². The lowest BCUT2D eigenvalue weighted by molar-refractivity contribution is -0.137. The van der Waals surface area contributed by atoms with Crippen LogP contribution in [0.25, 0.3) is 0 Å². The van der Waals surface area contributed by atoms with Crippen LogP contribution in [0.15, 0.2) is 18.3 Å². The molecule has 3 nitrogen and oxygen atoms in total. The number of aromatic nitrogens is 1. The van der Waals surface area contributed by atoms with E-state index in [1.165, 1.54) is 6.07 Å². The quantitative estimate of drug-likeness (QED) is 0.784. The lowest BCUT2D eigenvalue weighted by atomic mass is 10.2. The van der Waals surface area contributed by atoms with Crippen molar-refractivity contribution in [2.24, 2.45) is 0 Å². The molecule has 1 aliphatic rings. The van der Waals surface area contributed by atoms with E-state index in [0.717, 1.165) is 38.4 Å². The average molecular weight is 305 g/mol. The molecule has 0 N–H and O–H groups in total. The van der Waals surface area contributed by atoms with Gasteiger partial charge in [-0.25, -0.2) is 4.98 Å². The van der Waals surface area contributed by atoms with Gasteiger partial charge in [0.2, 0.25) is 0 Å². The summed E-state index contributed by atoms with van der Waals surface area (Å²) in [7, 11) is 2.03. The summed E-state index contributed by atoms with van der Waals surface area (Å²) in [6.45, 7) is 11.4. The number of hydrogen-bond acceptors (Lipinski definition) is 3. The van der Waals surface area contributed by atoms with Crippen LogP contribution in [-0.4, -0.2) is 43.1 Å². The number of anilines is 1. The molecule has 21 heavy (non-hydrogen) atoms. The van der Waals surface area contributed by atoms with Crippen LogP contribution in [0.2, 0.25) is 0 Å². The third-order valence-corrected chi connectivity index (χ3v) is 2.90. The van der Waals surface area contributed by atoms with Gasteiger partial charge in [-0.2, -0.15) is 13.2 Å². The minimum Gasteiger partial charge on any atom is -0.354 e. The molecule has 1 saturated heterocycles. The van der Waals surface area contributed by atoms with E-state index in [9.17, 15) is 13.2 Å². The van der Waals surface area contributed by atoms with Gasteiger partial charge in [0, 0.05) is 32.4 Å². The highest BCUT2D eigenvalue weighted by atomic mass is 19.4. The van der Waals surface area contributed by atoms with Gasteiger partial charge in [-0.3, -0.25) is 0 Å². The third kappa shape index (κ3) is 6.33. The average Bonchev–Trinajstić information content (AvgIpc) is 2.51. The van der Waals surface area contributed by atoms with Crippen molar-refractivity contribution in [3.05, 3.63) is 23.9 Å².